The molecule has 0 heterocycles. The van der Waals surface area contributed by atoms with Crippen molar-refractivity contribution in [1.82, 2.24) is 0 Å². The van der Waals surface area contributed by atoms with E-state index in [0.29, 0.717) is 4.90 Å². The fraction of sp³-hybridized carbons (Fsp3) is 0.250. The van der Waals surface area contributed by atoms with Crippen molar-refractivity contribution in [3.8, 4) is 5.75 Å². The van der Waals surface area contributed by atoms with Crippen molar-refractivity contribution in [2.24, 2.45) is 0 Å². The first-order valence-electron chi connectivity index (χ1n) is 6.66. The van der Waals surface area contributed by atoms with Gasteiger partial charge in [-0.25, -0.2) is 0 Å². The highest BCUT2D eigenvalue weighted by Crippen LogP contribution is 2.34. The molecule has 118 valence electrons. The molecule has 0 amide bonds. The molecule has 0 saturated heterocycles. The van der Waals surface area contributed by atoms with Crippen LogP contribution in [0.25, 0.3) is 0 Å². The molecule has 2 aromatic carbocycles. The van der Waals surface area contributed by atoms with Crippen LogP contribution in [-0.4, -0.2) is 18.1 Å². The molecular formula is C16H18O4S2. The van der Waals surface area contributed by atoms with Crippen molar-refractivity contribution in [3.63, 3.8) is 0 Å². The van der Waals surface area contributed by atoms with E-state index in [1.807, 2.05) is 24.3 Å². The Hall–Kier alpha value is -1.50. The number of phenols is 1. The lowest BCUT2D eigenvalue weighted by Gasteiger charge is -2.19. The Labute approximate surface area is 134 Å². The van der Waals surface area contributed by atoms with E-state index in [0.717, 1.165) is 4.90 Å². The monoisotopic (exact) mass is 338 g/mol. The van der Waals surface area contributed by atoms with Gasteiger partial charge in [0.2, 0.25) is 0 Å². The number of hydrogen-bond donors (Lipinski definition) is 2. The molecule has 2 aromatic rings. The molecule has 4 nitrogen and oxygen atoms in total. The summed E-state index contributed by atoms with van der Waals surface area (Å²) in [6, 6.07) is 12.1. The SMILES string of the molecule is CC(C)(C)c1ccc(Sc2ccc(O)c(S(=O)(=O)O)c2)cc1. The molecule has 0 fully saturated rings. The first kappa shape index (κ1) is 16.9. The zero-order valence-corrected chi connectivity index (χ0v) is 14.2. The fourth-order valence-corrected chi connectivity index (χ4v) is 3.46. The van der Waals surface area contributed by atoms with Gasteiger partial charge in [-0.15, -0.1) is 0 Å². The van der Waals surface area contributed by atoms with Crippen LogP contribution < -0.4 is 0 Å². The van der Waals surface area contributed by atoms with Gasteiger partial charge in [-0.05, 0) is 41.3 Å². The largest absolute Gasteiger partial charge is 0.506 e. The maximum atomic E-state index is 11.2. The van der Waals surface area contributed by atoms with Crippen LogP contribution in [-0.2, 0) is 15.5 Å². The zero-order chi connectivity index (χ0) is 16.5. The second kappa shape index (κ2) is 5.95. The second-order valence-electron chi connectivity index (χ2n) is 5.98. The molecule has 0 aliphatic rings. The lowest BCUT2D eigenvalue weighted by molar-refractivity contribution is 0.442. The predicted octanol–water partition coefficient (Wildman–Crippen LogP) is 4.09. The summed E-state index contributed by atoms with van der Waals surface area (Å²) < 4.78 is 31.5. The Morgan fingerprint density at radius 3 is 2.00 bits per heavy atom. The van der Waals surface area contributed by atoms with Crippen molar-refractivity contribution < 1.29 is 18.1 Å². The fourth-order valence-electron chi connectivity index (χ4n) is 1.92. The summed E-state index contributed by atoms with van der Waals surface area (Å²) in [5.41, 5.74) is 1.28. The molecule has 0 aromatic heterocycles. The van der Waals surface area contributed by atoms with E-state index in [9.17, 15) is 13.5 Å². The van der Waals surface area contributed by atoms with Gasteiger partial charge in [0.25, 0.3) is 10.1 Å². The summed E-state index contributed by atoms with van der Waals surface area (Å²) in [7, 11) is -4.44. The number of aromatic hydroxyl groups is 1. The summed E-state index contributed by atoms with van der Waals surface area (Å²) in [6.07, 6.45) is 0. The van der Waals surface area contributed by atoms with E-state index in [1.165, 1.54) is 29.5 Å². The first-order chi connectivity index (χ1) is 10.1. The minimum atomic E-state index is -4.44. The molecule has 0 radical (unpaired) electrons. The number of hydrogen-bond acceptors (Lipinski definition) is 4. The highest BCUT2D eigenvalue weighted by Gasteiger charge is 2.17. The molecular weight excluding hydrogens is 320 g/mol. The van der Waals surface area contributed by atoms with Gasteiger partial charge in [0.05, 0.1) is 0 Å². The molecule has 2 rings (SSSR count). The maximum absolute atomic E-state index is 11.2. The third kappa shape index (κ3) is 4.03. The number of benzene rings is 2. The third-order valence-corrected chi connectivity index (χ3v) is 5.05. The van der Waals surface area contributed by atoms with Gasteiger partial charge in [0.1, 0.15) is 10.6 Å². The summed E-state index contributed by atoms with van der Waals surface area (Å²) >= 11 is 1.36. The van der Waals surface area contributed by atoms with Gasteiger partial charge in [-0.3, -0.25) is 4.55 Å². The van der Waals surface area contributed by atoms with Crippen LogP contribution in [0.2, 0.25) is 0 Å². The lowest BCUT2D eigenvalue weighted by atomic mass is 9.87. The van der Waals surface area contributed by atoms with Crippen LogP contribution in [0.15, 0.2) is 57.2 Å². The van der Waals surface area contributed by atoms with Crippen LogP contribution in [0.4, 0.5) is 0 Å². The smallest absolute Gasteiger partial charge is 0.298 e. The highest BCUT2D eigenvalue weighted by atomic mass is 32.2. The van der Waals surface area contributed by atoms with Gasteiger partial charge >= 0.3 is 0 Å². The Morgan fingerprint density at radius 2 is 1.50 bits per heavy atom. The van der Waals surface area contributed by atoms with Crippen molar-refractivity contribution in [1.29, 1.82) is 0 Å². The number of rotatable bonds is 3. The highest BCUT2D eigenvalue weighted by molar-refractivity contribution is 7.99. The minimum absolute atomic E-state index is 0.0693. The summed E-state index contributed by atoms with van der Waals surface area (Å²) in [4.78, 5) is 1.08. The van der Waals surface area contributed by atoms with Gasteiger partial charge < -0.3 is 5.11 Å². The van der Waals surface area contributed by atoms with E-state index in [4.69, 9.17) is 4.55 Å². The van der Waals surface area contributed by atoms with E-state index in [2.05, 4.69) is 20.8 Å². The molecule has 0 atom stereocenters. The van der Waals surface area contributed by atoms with Crippen LogP contribution >= 0.6 is 11.8 Å². The van der Waals surface area contributed by atoms with Crippen LogP contribution in [0.5, 0.6) is 5.75 Å². The van der Waals surface area contributed by atoms with Crippen molar-refractivity contribution in [2.45, 2.75) is 40.9 Å². The average Bonchev–Trinajstić information content (AvgIpc) is 2.39. The Balaban J connectivity index is 2.28. The molecule has 22 heavy (non-hydrogen) atoms. The van der Waals surface area contributed by atoms with Gasteiger partial charge in [-0.2, -0.15) is 8.42 Å². The molecule has 0 aliphatic heterocycles. The number of phenolic OH excluding ortho intramolecular Hbond substituents is 1. The lowest BCUT2D eigenvalue weighted by Crippen LogP contribution is -2.10. The molecule has 0 spiro atoms. The Kier molecular flexibility index (Phi) is 4.56. The maximum Gasteiger partial charge on any atom is 0.298 e. The summed E-state index contributed by atoms with van der Waals surface area (Å²) in [5, 5.41) is 9.51. The predicted molar refractivity (Wildman–Crippen MR) is 87.2 cm³/mol. The minimum Gasteiger partial charge on any atom is -0.506 e. The first-order valence-corrected chi connectivity index (χ1v) is 8.92. The molecule has 2 N–H and O–H groups in total. The van der Waals surface area contributed by atoms with Crippen molar-refractivity contribution >= 4 is 21.9 Å². The quantitative estimate of drug-likeness (QED) is 0.825. The Bertz CT molecular complexity index is 773. The van der Waals surface area contributed by atoms with Gasteiger partial charge in [0.15, 0.2) is 0 Å². The van der Waals surface area contributed by atoms with E-state index in [1.54, 1.807) is 6.07 Å². The molecule has 0 bridgehead atoms. The summed E-state index contributed by atoms with van der Waals surface area (Å²) in [6.45, 7) is 6.40. The van der Waals surface area contributed by atoms with Crippen LogP contribution in [0.1, 0.15) is 26.3 Å². The topological polar surface area (TPSA) is 74.6 Å². The third-order valence-electron chi connectivity index (χ3n) is 3.17. The van der Waals surface area contributed by atoms with Crippen LogP contribution in [0.3, 0.4) is 0 Å². The second-order valence-corrected chi connectivity index (χ2v) is 8.52. The molecule has 0 aliphatic carbocycles. The van der Waals surface area contributed by atoms with Gasteiger partial charge in [-0.1, -0.05) is 44.7 Å². The molecule has 0 saturated carbocycles. The standard InChI is InChI=1S/C16H18O4S2/c1-16(2,3)11-4-6-12(7-5-11)21-13-8-9-14(17)15(10-13)22(18,19)20/h4-10,17H,1-3H3,(H,18,19,20). The van der Waals surface area contributed by atoms with E-state index < -0.39 is 20.8 Å². The van der Waals surface area contributed by atoms with Crippen molar-refractivity contribution in [3.05, 3.63) is 48.0 Å². The van der Waals surface area contributed by atoms with E-state index >= 15 is 0 Å². The zero-order valence-electron chi connectivity index (χ0n) is 12.6. The average molecular weight is 338 g/mol. The molecule has 6 heteroatoms. The summed E-state index contributed by atoms with van der Waals surface area (Å²) in [5.74, 6) is -0.463. The normalized spacial score (nSPS) is 12.4. The van der Waals surface area contributed by atoms with Gasteiger partial charge in [0, 0.05) is 9.79 Å². The van der Waals surface area contributed by atoms with Crippen LogP contribution in [0, 0.1) is 0 Å². The molecule has 0 unspecified atom stereocenters. The van der Waals surface area contributed by atoms with Crippen molar-refractivity contribution in [2.75, 3.05) is 0 Å². The van der Waals surface area contributed by atoms with E-state index in [-0.39, 0.29) is 5.41 Å². The Morgan fingerprint density at radius 1 is 0.955 bits per heavy atom.